The number of hydrogen-bond acceptors (Lipinski definition) is 12. The molecule has 14 heteroatoms. The highest BCUT2D eigenvalue weighted by molar-refractivity contribution is 7.32. The molecule has 6 nitrogen and oxygen atoms in total. The van der Waals surface area contributed by atoms with Crippen molar-refractivity contribution in [1.29, 1.82) is 0 Å². The zero-order chi connectivity index (χ0) is 102. The molecule has 0 fully saturated rings. The summed E-state index contributed by atoms with van der Waals surface area (Å²) in [4.78, 5) is 81.4. The predicted molar refractivity (Wildman–Crippen MR) is 645 cm³/mol. The summed E-state index contributed by atoms with van der Waals surface area (Å²) in [5, 5.41) is 14.7. The highest BCUT2D eigenvalue weighted by Crippen LogP contribution is 2.67. The summed E-state index contributed by atoms with van der Waals surface area (Å²) in [5.41, 5.74) is 7.15. The van der Waals surface area contributed by atoms with Crippen molar-refractivity contribution in [3.05, 3.63) is 244 Å². The molecule has 8 aromatic heterocycles. The van der Waals surface area contributed by atoms with Gasteiger partial charge in [-0.2, -0.15) is 0 Å². The Morgan fingerprint density at radius 3 is 1.36 bits per heavy atom. The normalized spacial score (nSPS) is 15.5. The Balaban J connectivity index is 0.903. The number of carbonyl (C=O) groups is 4. The van der Waals surface area contributed by atoms with E-state index in [2.05, 4.69) is 291 Å². The highest BCUT2D eigenvalue weighted by Gasteiger charge is 2.56. The fraction of sp³-hybridized carbons (Fsp3) is 0.470. The Bertz CT molecular complexity index is 7180. The van der Waals surface area contributed by atoms with E-state index >= 15 is 19.2 Å². The number of benzene rings is 8. The first-order valence-electron chi connectivity index (χ1n) is 56.9. The molecule has 768 valence electrons. The first kappa shape index (κ1) is 107. The average molecular weight is 2090 g/mol. The Hall–Kier alpha value is -8.54. The summed E-state index contributed by atoms with van der Waals surface area (Å²) >= 11 is 15.2. The van der Waals surface area contributed by atoms with Gasteiger partial charge in [0, 0.05) is 121 Å². The lowest BCUT2D eigenvalue weighted by molar-refractivity contribution is 0.0637. The number of unbranched alkanes of at least 4 members (excludes halogenated alkanes) is 19. The van der Waals surface area contributed by atoms with Crippen LogP contribution < -0.4 is 0 Å². The maximum absolute atomic E-state index is 16.6. The molecular formula is C132H158N2O4S8. The van der Waals surface area contributed by atoms with E-state index in [0.29, 0.717) is 51.7 Å². The first-order valence-corrected chi connectivity index (χ1v) is 63.4. The molecule has 0 saturated heterocycles. The molecule has 7 atom stereocenters. The van der Waals surface area contributed by atoms with E-state index in [1.54, 1.807) is 32.5 Å². The molecular weight excluding hydrogens is 1930 g/mol. The molecule has 18 rings (SSSR count). The number of carbonyl (C=O) groups excluding carboxylic acids is 4. The van der Waals surface area contributed by atoms with Crippen LogP contribution >= 0.6 is 90.7 Å². The molecule has 7 unspecified atom stereocenters. The molecule has 0 radical (unpaired) electrons. The van der Waals surface area contributed by atoms with E-state index in [4.69, 9.17) is 0 Å². The second-order valence-corrected chi connectivity index (χ2v) is 52.2. The lowest BCUT2D eigenvalue weighted by Gasteiger charge is -2.51. The smallest absolute Gasteiger partial charge is 0.271 e. The topological polar surface area (TPSA) is 74.8 Å². The molecule has 2 aliphatic heterocycles. The number of amides is 4. The number of hydrogen-bond donors (Lipinski definition) is 0. The Kier molecular flexibility index (Phi) is 35.3. The van der Waals surface area contributed by atoms with Gasteiger partial charge in [0.1, 0.15) is 9.75 Å². The van der Waals surface area contributed by atoms with Crippen molar-refractivity contribution in [2.45, 2.75) is 369 Å². The molecule has 2 aliphatic rings. The summed E-state index contributed by atoms with van der Waals surface area (Å²) in [7, 11) is 0. The van der Waals surface area contributed by atoms with Crippen molar-refractivity contribution in [1.82, 2.24) is 9.80 Å². The van der Waals surface area contributed by atoms with Crippen molar-refractivity contribution in [2.75, 3.05) is 13.1 Å². The number of allylic oxidation sites excluding steroid dienone is 3. The Morgan fingerprint density at radius 1 is 0.349 bits per heavy atom. The number of fused-ring (bicyclic) bond motifs is 10. The third kappa shape index (κ3) is 20.3. The number of rotatable bonds is 57. The SMILES string of the molecule is C=CCCCC(CC)(c1sc(-c2ccc3c4cccc5c(C(C)(CCC(C)/C=C\C)c6ccccc6)ccc(c6cccc2c36)c54)c2sc3c(c12)C(=O)N(CCCCCCCC)C3=O)C(CC)(CCCCCC)c1cc2c(-c3ccc(CC(CC)CCCC)s3)c3sc(-c4sc(C(C)(CCCCCC)c5ccccc5)c5c6c(sc45)C(=O)N(CCCCCCCC)C6=O)cc3c(-c3ccc(CC(CC)CCCC)s3)c2s1. The fourth-order valence-electron chi connectivity index (χ4n) is 25.9. The van der Waals surface area contributed by atoms with Crippen LogP contribution in [0, 0.1) is 17.8 Å². The van der Waals surface area contributed by atoms with Crippen molar-refractivity contribution in [3.8, 4) is 41.1 Å². The van der Waals surface area contributed by atoms with Crippen molar-refractivity contribution >= 4 is 198 Å². The molecule has 8 aromatic carbocycles. The highest BCUT2D eigenvalue weighted by atomic mass is 32.1. The van der Waals surface area contributed by atoms with Crippen molar-refractivity contribution in [2.24, 2.45) is 17.8 Å². The minimum Gasteiger partial charge on any atom is -0.274 e. The van der Waals surface area contributed by atoms with Crippen LogP contribution in [0.5, 0.6) is 0 Å². The lowest BCUT2D eigenvalue weighted by atomic mass is 9.54. The van der Waals surface area contributed by atoms with Gasteiger partial charge in [-0.25, -0.2) is 0 Å². The third-order valence-electron chi connectivity index (χ3n) is 34.4. The van der Waals surface area contributed by atoms with E-state index in [-0.39, 0.29) is 29.0 Å². The second kappa shape index (κ2) is 48.0. The van der Waals surface area contributed by atoms with E-state index in [0.717, 1.165) is 217 Å². The van der Waals surface area contributed by atoms with E-state index < -0.39 is 16.2 Å². The Labute approximate surface area is 904 Å². The van der Waals surface area contributed by atoms with Crippen LogP contribution in [0.15, 0.2) is 183 Å². The van der Waals surface area contributed by atoms with Gasteiger partial charge in [-0.1, -0.05) is 397 Å². The van der Waals surface area contributed by atoms with Gasteiger partial charge in [-0.15, -0.1) is 97.3 Å². The molecule has 16 aromatic rings. The summed E-state index contributed by atoms with van der Waals surface area (Å²) in [6.45, 7) is 38.5. The molecule has 0 bridgehead atoms. The van der Waals surface area contributed by atoms with Gasteiger partial charge < -0.3 is 0 Å². The van der Waals surface area contributed by atoms with Gasteiger partial charge in [0.25, 0.3) is 23.6 Å². The molecule has 0 spiro atoms. The summed E-state index contributed by atoms with van der Waals surface area (Å²) < 4.78 is 4.77. The van der Waals surface area contributed by atoms with Gasteiger partial charge >= 0.3 is 0 Å². The van der Waals surface area contributed by atoms with Crippen LogP contribution in [-0.4, -0.2) is 46.5 Å². The van der Waals surface area contributed by atoms with Crippen LogP contribution in [-0.2, 0) is 34.5 Å². The van der Waals surface area contributed by atoms with E-state index in [1.165, 1.54) is 199 Å². The molecule has 0 N–H and O–H groups in total. The first-order chi connectivity index (χ1) is 71.2. The second-order valence-electron chi connectivity index (χ2n) is 43.7. The summed E-state index contributed by atoms with van der Waals surface area (Å²) in [6.07, 6.45) is 48.2. The lowest BCUT2D eigenvalue weighted by Crippen LogP contribution is -2.48. The zero-order valence-electron chi connectivity index (χ0n) is 90.0. The van der Waals surface area contributed by atoms with E-state index in [9.17, 15) is 0 Å². The molecule has 0 aliphatic carbocycles. The summed E-state index contributed by atoms with van der Waals surface area (Å²) in [5.74, 6) is 1.10. The quantitative estimate of drug-likeness (QED) is 0.0125. The van der Waals surface area contributed by atoms with Crippen molar-refractivity contribution in [3.63, 3.8) is 0 Å². The molecule has 0 saturated carbocycles. The minimum atomic E-state index is -0.596. The predicted octanol–water partition coefficient (Wildman–Crippen LogP) is 42.8. The Morgan fingerprint density at radius 2 is 0.815 bits per heavy atom. The van der Waals surface area contributed by atoms with Crippen LogP contribution in [0.2, 0.25) is 0 Å². The van der Waals surface area contributed by atoms with Crippen LogP contribution in [0.25, 0.3) is 125 Å². The van der Waals surface area contributed by atoms with Crippen LogP contribution in [0.4, 0.5) is 0 Å². The van der Waals surface area contributed by atoms with Crippen LogP contribution in [0.3, 0.4) is 0 Å². The zero-order valence-corrected chi connectivity index (χ0v) is 96.5. The van der Waals surface area contributed by atoms with Gasteiger partial charge in [-0.05, 0) is 204 Å². The van der Waals surface area contributed by atoms with Gasteiger partial charge in [0.2, 0.25) is 0 Å². The third-order valence-corrected chi connectivity index (χ3v) is 44.9. The molecule has 146 heavy (non-hydrogen) atoms. The van der Waals surface area contributed by atoms with Crippen LogP contribution in [0.1, 0.15) is 416 Å². The van der Waals surface area contributed by atoms with Gasteiger partial charge in [-0.3, -0.25) is 29.0 Å². The monoisotopic (exact) mass is 2090 g/mol. The molecule has 4 amide bonds. The average Bonchev–Trinajstić information content (AvgIpc) is 1.50. The van der Waals surface area contributed by atoms with Gasteiger partial charge in [0.05, 0.1) is 30.3 Å². The number of nitrogens with zero attached hydrogens (tertiary/aromatic N) is 2. The van der Waals surface area contributed by atoms with Crippen molar-refractivity contribution < 1.29 is 19.2 Å². The van der Waals surface area contributed by atoms with E-state index in [1.807, 2.05) is 56.7 Å². The minimum absolute atomic E-state index is 0.120. The maximum atomic E-state index is 16.6. The number of imide groups is 2. The number of thiophene rings is 8. The van der Waals surface area contributed by atoms with Gasteiger partial charge in [0.15, 0.2) is 0 Å². The summed E-state index contributed by atoms with van der Waals surface area (Å²) in [6, 6.07) is 61.8. The molecule has 10 heterocycles. The largest absolute Gasteiger partial charge is 0.274 e. The maximum Gasteiger partial charge on any atom is 0.271 e. The fourth-order valence-corrected chi connectivity index (χ4v) is 37.5. The standard InChI is InChI=1S/C132H158N2O4S8/c1-16-28-35-39-41-52-80-133-125(135)113-111-120(144-121(113)127(133)137)118(146-123(111)130(15,76-50-37-30-18-3)90-61-47-44-48-62-90)105-84-100-109(103-73-67-91(139-103)82-87(24-9)57-33-21-6)116-101(110(115(100)141-105)104-74-68-92(140-104)83-88(25-10)58-34-22-7)85-106(142-116)131(26-11,77-51-38-31-19-4)132(27-12,78-49-32-20-5)124-112-114-122(128(138)134(126(114)136)81-53-42-40-36-29-17-2)143-119(112)117(145-124)98-70-69-96-94-64-55-66-99-102(72-71-97(108(94)99)93-63-54-65-95(98)107(93)96)129(14,79-75-86(13)56-23-8)89-59-45-43-46-60-89/h20,23,43-48,54-56,59-74,84-88H,5,16-19,21-22,24-42,49-53,57-58,75-83H2,1-4,6-15H3/b56-23-.